The monoisotopic (exact) mass is 299 g/mol. The summed E-state index contributed by atoms with van der Waals surface area (Å²) in [6, 6.07) is 1.35. The third kappa shape index (κ3) is 3.04. The van der Waals surface area contributed by atoms with Gasteiger partial charge in [-0.1, -0.05) is 6.42 Å². The van der Waals surface area contributed by atoms with Crippen molar-refractivity contribution in [3.05, 3.63) is 18.0 Å². The summed E-state index contributed by atoms with van der Waals surface area (Å²) in [6.45, 7) is 3.29. The zero-order valence-corrected chi connectivity index (χ0v) is 12.7. The number of carbonyl (C=O) groups is 1. The summed E-state index contributed by atoms with van der Waals surface area (Å²) in [6.07, 6.45) is 4.94. The third-order valence-electron chi connectivity index (χ3n) is 3.90. The quantitative estimate of drug-likeness (QED) is 0.877. The first-order valence-corrected chi connectivity index (χ1v) is 8.36. The molecular formula is C13H21N3O3S. The molecule has 1 aliphatic rings. The Morgan fingerprint density at radius 3 is 2.55 bits per heavy atom. The van der Waals surface area contributed by atoms with Crippen molar-refractivity contribution in [3.8, 4) is 0 Å². The summed E-state index contributed by atoms with van der Waals surface area (Å²) in [5, 5.41) is 5.09. The number of amides is 1. The normalized spacial score (nSPS) is 15.9. The van der Waals surface area contributed by atoms with E-state index in [9.17, 15) is 13.2 Å². The highest BCUT2D eigenvalue weighted by Crippen LogP contribution is 2.27. The van der Waals surface area contributed by atoms with Crippen molar-refractivity contribution in [2.45, 2.75) is 31.1 Å². The van der Waals surface area contributed by atoms with Crippen molar-refractivity contribution in [3.63, 3.8) is 0 Å². The minimum atomic E-state index is -3.78. The molecule has 1 aromatic heterocycles. The number of rotatable bonds is 5. The number of nitrogens with two attached hydrogens (primary N) is 1. The van der Waals surface area contributed by atoms with Crippen LogP contribution in [0.1, 0.15) is 36.7 Å². The molecule has 0 unspecified atom stereocenters. The molecule has 20 heavy (non-hydrogen) atoms. The highest BCUT2D eigenvalue weighted by atomic mass is 32.2. The minimum absolute atomic E-state index is 0.0250. The van der Waals surface area contributed by atoms with Crippen molar-refractivity contribution in [1.29, 1.82) is 0 Å². The van der Waals surface area contributed by atoms with Gasteiger partial charge in [-0.15, -0.1) is 0 Å². The highest BCUT2D eigenvalue weighted by molar-refractivity contribution is 7.89. The Hall–Kier alpha value is -1.34. The van der Waals surface area contributed by atoms with Crippen LogP contribution in [0.25, 0.3) is 0 Å². The van der Waals surface area contributed by atoms with E-state index >= 15 is 0 Å². The Kier molecular flexibility index (Phi) is 4.19. The van der Waals surface area contributed by atoms with Gasteiger partial charge in [-0.3, -0.25) is 4.79 Å². The molecule has 1 aliphatic carbocycles. The van der Waals surface area contributed by atoms with Crippen LogP contribution >= 0.6 is 0 Å². The van der Waals surface area contributed by atoms with E-state index in [4.69, 9.17) is 5.14 Å². The number of carbonyl (C=O) groups excluding carboxylic acids is 1. The number of hydrogen-bond donors (Lipinski definition) is 1. The van der Waals surface area contributed by atoms with Crippen LogP contribution in [-0.4, -0.2) is 36.9 Å². The first-order valence-electron chi connectivity index (χ1n) is 6.81. The van der Waals surface area contributed by atoms with Crippen molar-refractivity contribution in [2.24, 2.45) is 18.1 Å². The number of aromatic nitrogens is 1. The summed E-state index contributed by atoms with van der Waals surface area (Å²) in [4.78, 5) is 14.2. The topological polar surface area (TPSA) is 85.4 Å². The second-order valence-electron chi connectivity index (χ2n) is 5.36. The molecular weight excluding hydrogens is 278 g/mol. The average Bonchev–Trinajstić information content (AvgIpc) is 2.69. The molecule has 112 valence electrons. The molecule has 0 saturated heterocycles. The first-order chi connectivity index (χ1) is 9.32. The molecule has 2 rings (SSSR count). The van der Waals surface area contributed by atoms with Crippen molar-refractivity contribution in [2.75, 3.05) is 13.1 Å². The predicted octanol–water partition coefficient (Wildman–Crippen LogP) is 0.935. The fraction of sp³-hybridized carbons (Fsp3) is 0.615. The number of primary sulfonamides is 1. The summed E-state index contributed by atoms with van der Waals surface area (Å²) in [5.74, 6) is 0.439. The molecule has 0 radical (unpaired) electrons. The van der Waals surface area contributed by atoms with E-state index in [-0.39, 0.29) is 10.8 Å². The van der Waals surface area contributed by atoms with Crippen LogP contribution < -0.4 is 5.14 Å². The van der Waals surface area contributed by atoms with Crippen molar-refractivity contribution >= 4 is 15.9 Å². The van der Waals surface area contributed by atoms with E-state index in [1.165, 1.54) is 36.1 Å². The largest absolute Gasteiger partial charge is 0.345 e. The fourth-order valence-electron chi connectivity index (χ4n) is 2.41. The maximum absolute atomic E-state index is 12.5. The molecule has 7 heteroatoms. The standard InChI is InChI=1S/C13H21N3O3S/c1-3-16(8-10-5-4-6-10)13(17)12-7-11(9-15(12)2)20(14,18)19/h7,9-10H,3-6,8H2,1-2H3,(H2,14,18,19). The lowest BCUT2D eigenvalue weighted by Gasteiger charge is -2.31. The van der Waals surface area contributed by atoms with E-state index in [0.717, 1.165) is 6.54 Å². The Balaban J connectivity index is 2.20. The second kappa shape index (κ2) is 5.57. The zero-order valence-electron chi connectivity index (χ0n) is 11.9. The zero-order chi connectivity index (χ0) is 14.9. The van der Waals surface area contributed by atoms with Gasteiger partial charge in [-0.25, -0.2) is 13.6 Å². The van der Waals surface area contributed by atoms with Crippen LogP contribution in [0, 0.1) is 5.92 Å². The third-order valence-corrected chi connectivity index (χ3v) is 4.78. The van der Waals surface area contributed by atoms with Crippen LogP contribution in [0.5, 0.6) is 0 Å². The van der Waals surface area contributed by atoms with Crippen LogP contribution in [-0.2, 0) is 17.1 Å². The highest BCUT2D eigenvalue weighted by Gasteiger charge is 2.25. The molecule has 0 aliphatic heterocycles. The second-order valence-corrected chi connectivity index (χ2v) is 6.92. The van der Waals surface area contributed by atoms with Crippen LogP contribution in [0.4, 0.5) is 0 Å². The Bertz CT molecular complexity index is 602. The molecule has 1 fully saturated rings. The Morgan fingerprint density at radius 1 is 1.50 bits per heavy atom. The maximum atomic E-state index is 12.5. The molecule has 6 nitrogen and oxygen atoms in total. The number of sulfonamides is 1. The molecule has 1 aromatic rings. The summed E-state index contributed by atoms with van der Waals surface area (Å²) in [5.41, 5.74) is 0.357. The van der Waals surface area contributed by atoms with E-state index in [1.54, 1.807) is 11.9 Å². The Morgan fingerprint density at radius 2 is 2.15 bits per heavy atom. The van der Waals surface area contributed by atoms with E-state index in [0.29, 0.717) is 18.2 Å². The lowest BCUT2D eigenvalue weighted by molar-refractivity contribution is 0.0697. The van der Waals surface area contributed by atoms with E-state index in [2.05, 4.69) is 0 Å². The molecule has 0 bridgehead atoms. The fourth-order valence-corrected chi connectivity index (χ4v) is 2.99. The van der Waals surface area contributed by atoms with Crippen LogP contribution in [0.2, 0.25) is 0 Å². The van der Waals surface area contributed by atoms with E-state index in [1.807, 2.05) is 6.92 Å². The Labute approximate surface area is 119 Å². The molecule has 0 spiro atoms. The van der Waals surface area contributed by atoms with Gasteiger partial charge < -0.3 is 9.47 Å². The van der Waals surface area contributed by atoms with Gasteiger partial charge >= 0.3 is 0 Å². The summed E-state index contributed by atoms with van der Waals surface area (Å²) < 4.78 is 24.2. The van der Waals surface area contributed by atoms with Gasteiger partial charge in [0.2, 0.25) is 10.0 Å². The SMILES string of the molecule is CCN(CC1CCC1)C(=O)c1cc(S(N)(=O)=O)cn1C. The van der Waals surface area contributed by atoms with Gasteiger partial charge in [0.1, 0.15) is 10.6 Å². The average molecular weight is 299 g/mol. The van der Waals surface area contributed by atoms with Crippen LogP contribution in [0.15, 0.2) is 17.2 Å². The van der Waals surface area contributed by atoms with Gasteiger partial charge in [-0.2, -0.15) is 0 Å². The summed E-state index contributed by atoms with van der Waals surface area (Å²) >= 11 is 0. The first kappa shape index (κ1) is 15.1. The minimum Gasteiger partial charge on any atom is -0.345 e. The predicted molar refractivity (Wildman–Crippen MR) is 75.7 cm³/mol. The number of hydrogen-bond acceptors (Lipinski definition) is 3. The lowest BCUT2D eigenvalue weighted by atomic mass is 9.85. The molecule has 0 atom stereocenters. The van der Waals surface area contributed by atoms with Gasteiger partial charge in [-0.05, 0) is 31.7 Å². The van der Waals surface area contributed by atoms with Crippen molar-refractivity contribution in [1.82, 2.24) is 9.47 Å². The molecule has 2 N–H and O–H groups in total. The number of aryl methyl sites for hydroxylation is 1. The van der Waals surface area contributed by atoms with E-state index < -0.39 is 10.0 Å². The maximum Gasteiger partial charge on any atom is 0.270 e. The number of nitrogens with zero attached hydrogens (tertiary/aromatic N) is 2. The molecule has 1 heterocycles. The van der Waals surface area contributed by atoms with Gasteiger partial charge in [0.15, 0.2) is 0 Å². The molecule has 1 amide bonds. The smallest absolute Gasteiger partial charge is 0.270 e. The molecule has 0 aromatic carbocycles. The van der Waals surface area contributed by atoms with Crippen molar-refractivity contribution < 1.29 is 13.2 Å². The van der Waals surface area contributed by atoms with Gasteiger partial charge in [0, 0.05) is 26.3 Å². The molecule has 1 saturated carbocycles. The summed E-state index contributed by atoms with van der Waals surface area (Å²) in [7, 11) is -2.13. The van der Waals surface area contributed by atoms with Crippen LogP contribution in [0.3, 0.4) is 0 Å². The van der Waals surface area contributed by atoms with Gasteiger partial charge in [0.25, 0.3) is 5.91 Å². The van der Waals surface area contributed by atoms with Gasteiger partial charge in [0.05, 0.1) is 0 Å². The lowest BCUT2D eigenvalue weighted by Crippen LogP contribution is -2.38.